The van der Waals surface area contributed by atoms with Gasteiger partial charge in [-0.05, 0) is 49.4 Å². The maximum atomic E-state index is 12.1. The monoisotopic (exact) mass is 332 g/mol. The number of hydrogen-bond acceptors (Lipinski definition) is 3. The molecule has 1 aromatic carbocycles. The summed E-state index contributed by atoms with van der Waals surface area (Å²) in [5.74, 6) is -1.33. The molecule has 0 radical (unpaired) electrons. The highest BCUT2D eigenvalue weighted by atomic mass is 16.3. The minimum Gasteiger partial charge on any atom is -0.392 e. The maximum absolute atomic E-state index is 12.1. The van der Waals surface area contributed by atoms with E-state index in [9.17, 15) is 14.7 Å². The first-order chi connectivity index (χ1) is 11.4. The van der Waals surface area contributed by atoms with E-state index in [-0.39, 0.29) is 5.41 Å². The van der Waals surface area contributed by atoms with E-state index in [2.05, 4.69) is 17.6 Å². The highest BCUT2D eigenvalue weighted by Gasteiger charge is 2.36. The van der Waals surface area contributed by atoms with Crippen molar-refractivity contribution in [3.63, 3.8) is 0 Å². The molecule has 0 spiro atoms. The van der Waals surface area contributed by atoms with E-state index < -0.39 is 17.9 Å². The Balaban J connectivity index is 1.91. The van der Waals surface area contributed by atoms with Gasteiger partial charge in [0.1, 0.15) is 0 Å². The molecule has 0 aliphatic heterocycles. The average molecular weight is 332 g/mol. The van der Waals surface area contributed by atoms with Gasteiger partial charge in [-0.3, -0.25) is 9.59 Å². The van der Waals surface area contributed by atoms with Crippen molar-refractivity contribution >= 4 is 17.5 Å². The molecule has 1 saturated carbocycles. The second-order valence-electron chi connectivity index (χ2n) is 7.05. The van der Waals surface area contributed by atoms with Gasteiger partial charge in [0.05, 0.1) is 6.10 Å². The van der Waals surface area contributed by atoms with Gasteiger partial charge >= 0.3 is 11.8 Å². The van der Waals surface area contributed by atoms with Gasteiger partial charge in [-0.25, -0.2) is 0 Å². The fourth-order valence-corrected chi connectivity index (χ4v) is 3.27. The molecule has 24 heavy (non-hydrogen) atoms. The van der Waals surface area contributed by atoms with E-state index in [1.54, 1.807) is 6.07 Å². The zero-order chi connectivity index (χ0) is 17.7. The highest BCUT2D eigenvalue weighted by Crippen LogP contribution is 2.35. The SMILES string of the molecule is CCc1cc(NC(=O)C(=O)NCC2(C)CCCCC2O)ccc1C. The van der Waals surface area contributed by atoms with Crippen LogP contribution in [0, 0.1) is 12.3 Å². The number of aliphatic hydroxyl groups excluding tert-OH is 1. The smallest absolute Gasteiger partial charge is 0.313 e. The predicted octanol–water partition coefficient (Wildman–Crippen LogP) is 2.55. The van der Waals surface area contributed by atoms with Crippen LogP contribution in [0.1, 0.15) is 50.7 Å². The zero-order valence-electron chi connectivity index (χ0n) is 14.8. The normalized spacial score (nSPS) is 23.6. The van der Waals surface area contributed by atoms with E-state index in [0.29, 0.717) is 12.2 Å². The van der Waals surface area contributed by atoms with E-state index in [0.717, 1.165) is 37.7 Å². The van der Waals surface area contributed by atoms with Gasteiger partial charge < -0.3 is 15.7 Å². The number of amides is 2. The fourth-order valence-electron chi connectivity index (χ4n) is 3.27. The van der Waals surface area contributed by atoms with Gasteiger partial charge in [0, 0.05) is 17.6 Å². The van der Waals surface area contributed by atoms with Crippen molar-refractivity contribution < 1.29 is 14.7 Å². The van der Waals surface area contributed by atoms with Gasteiger partial charge in [-0.2, -0.15) is 0 Å². The molecule has 0 heterocycles. The van der Waals surface area contributed by atoms with Crippen molar-refractivity contribution in [2.24, 2.45) is 5.41 Å². The van der Waals surface area contributed by atoms with E-state index >= 15 is 0 Å². The number of benzene rings is 1. The van der Waals surface area contributed by atoms with Crippen molar-refractivity contribution in [2.45, 2.75) is 59.0 Å². The summed E-state index contributed by atoms with van der Waals surface area (Å²) in [6, 6.07) is 5.63. The summed E-state index contributed by atoms with van der Waals surface area (Å²) >= 11 is 0. The van der Waals surface area contributed by atoms with E-state index in [4.69, 9.17) is 0 Å². The molecule has 0 bridgehead atoms. The first-order valence-electron chi connectivity index (χ1n) is 8.72. The quantitative estimate of drug-likeness (QED) is 0.742. The lowest BCUT2D eigenvalue weighted by molar-refractivity contribution is -0.136. The summed E-state index contributed by atoms with van der Waals surface area (Å²) in [6.07, 6.45) is 4.10. The van der Waals surface area contributed by atoms with Crippen molar-refractivity contribution in [3.05, 3.63) is 29.3 Å². The van der Waals surface area contributed by atoms with Gasteiger partial charge in [-0.1, -0.05) is 32.8 Å². The van der Waals surface area contributed by atoms with Crippen LogP contribution >= 0.6 is 0 Å². The minimum absolute atomic E-state index is 0.314. The van der Waals surface area contributed by atoms with Crippen molar-refractivity contribution in [1.82, 2.24) is 5.32 Å². The van der Waals surface area contributed by atoms with Gasteiger partial charge in [0.25, 0.3) is 0 Å². The molecular weight excluding hydrogens is 304 g/mol. The standard InChI is InChI=1S/C19H28N2O3/c1-4-14-11-15(9-8-13(14)2)21-18(24)17(23)20-12-19(3)10-6-5-7-16(19)22/h8-9,11,16,22H,4-7,10,12H2,1-3H3,(H,20,23)(H,21,24). The first kappa shape index (κ1) is 18.5. The molecule has 2 rings (SSSR count). The lowest BCUT2D eigenvalue weighted by Crippen LogP contribution is -2.47. The Morgan fingerprint density at radius 1 is 1.29 bits per heavy atom. The molecule has 2 unspecified atom stereocenters. The van der Waals surface area contributed by atoms with Crippen LogP contribution in [0.4, 0.5) is 5.69 Å². The summed E-state index contributed by atoms with van der Waals surface area (Å²) in [7, 11) is 0. The molecule has 1 fully saturated rings. The topological polar surface area (TPSA) is 78.4 Å². The lowest BCUT2D eigenvalue weighted by atomic mass is 9.73. The van der Waals surface area contributed by atoms with Crippen LogP contribution in [0.25, 0.3) is 0 Å². The lowest BCUT2D eigenvalue weighted by Gasteiger charge is -2.38. The Bertz CT molecular complexity index is 615. The van der Waals surface area contributed by atoms with Gasteiger partial charge in [0.2, 0.25) is 0 Å². The fraction of sp³-hybridized carbons (Fsp3) is 0.579. The number of rotatable bonds is 4. The summed E-state index contributed by atoms with van der Waals surface area (Å²) in [5, 5.41) is 15.5. The third kappa shape index (κ3) is 4.35. The summed E-state index contributed by atoms with van der Waals surface area (Å²) in [4.78, 5) is 24.1. The van der Waals surface area contributed by atoms with Crippen molar-refractivity contribution in [2.75, 3.05) is 11.9 Å². The average Bonchev–Trinajstić information content (AvgIpc) is 2.57. The molecule has 132 valence electrons. The van der Waals surface area contributed by atoms with Crippen LogP contribution in [-0.4, -0.2) is 29.6 Å². The van der Waals surface area contributed by atoms with E-state index in [1.165, 1.54) is 5.56 Å². The van der Waals surface area contributed by atoms with E-state index in [1.807, 2.05) is 26.0 Å². The van der Waals surface area contributed by atoms with Crippen molar-refractivity contribution in [3.8, 4) is 0 Å². The largest absolute Gasteiger partial charge is 0.392 e. The Kier molecular flexibility index (Phi) is 5.99. The second kappa shape index (κ2) is 7.79. The number of nitrogens with one attached hydrogen (secondary N) is 2. The van der Waals surface area contributed by atoms with Gasteiger partial charge in [0.15, 0.2) is 0 Å². The Hall–Kier alpha value is -1.88. The van der Waals surface area contributed by atoms with Crippen LogP contribution in [0.5, 0.6) is 0 Å². The molecule has 0 aromatic heterocycles. The number of carbonyl (C=O) groups excluding carboxylic acids is 2. The van der Waals surface area contributed by atoms with Gasteiger partial charge in [-0.15, -0.1) is 0 Å². The highest BCUT2D eigenvalue weighted by molar-refractivity contribution is 6.39. The Labute approximate surface area is 143 Å². The molecule has 5 nitrogen and oxygen atoms in total. The van der Waals surface area contributed by atoms with Crippen LogP contribution < -0.4 is 10.6 Å². The molecule has 2 amide bonds. The van der Waals surface area contributed by atoms with Crippen LogP contribution in [0.2, 0.25) is 0 Å². The first-order valence-corrected chi connectivity index (χ1v) is 8.72. The number of anilines is 1. The van der Waals surface area contributed by atoms with Crippen molar-refractivity contribution in [1.29, 1.82) is 0 Å². The van der Waals surface area contributed by atoms with Crippen LogP contribution in [0.3, 0.4) is 0 Å². The predicted molar refractivity (Wildman–Crippen MR) is 94.8 cm³/mol. The second-order valence-corrected chi connectivity index (χ2v) is 7.05. The molecule has 3 N–H and O–H groups in total. The zero-order valence-corrected chi connectivity index (χ0v) is 14.8. The molecule has 1 aromatic rings. The Morgan fingerprint density at radius 2 is 2.04 bits per heavy atom. The minimum atomic E-state index is -0.671. The molecule has 1 aliphatic carbocycles. The van der Waals surface area contributed by atoms with Crippen LogP contribution in [0.15, 0.2) is 18.2 Å². The summed E-state index contributed by atoms with van der Waals surface area (Å²) in [6.45, 7) is 6.35. The number of carbonyl (C=O) groups is 2. The summed E-state index contributed by atoms with van der Waals surface area (Å²) in [5.41, 5.74) is 2.58. The number of aliphatic hydroxyl groups is 1. The number of aryl methyl sites for hydroxylation is 2. The molecule has 2 atom stereocenters. The maximum Gasteiger partial charge on any atom is 0.313 e. The summed E-state index contributed by atoms with van der Waals surface area (Å²) < 4.78 is 0. The Morgan fingerprint density at radius 3 is 2.71 bits per heavy atom. The molecule has 1 aliphatic rings. The molecule has 0 saturated heterocycles. The molecule has 5 heteroatoms. The molecular formula is C19H28N2O3. The number of hydrogen-bond donors (Lipinski definition) is 3. The van der Waals surface area contributed by atoms with Crippen LogP contribution in [-0.2, 0) is 16.0 Å². The third-order valence-electron chi connectivity index (χ3n) is 5.13. The third-order valence-corrected chi connectivity index (χ3v) is 5.13.